The summed E-state index contributed by atoms with van der Waals surface area (Å²) in [6.07, 6.45) is 1.65. The second kappa shape index (κ2) is 4.65. The van der Waals surface area contributed by atoms with Crippen LogP contribution in [0.2, 0.25) is 0 Å². The van der Waals surface area contributed by atoms with Crippen molar-refractivity contribution in [1.82, 2.24) is 9.46 Å². The minimum Gasteiger partial charge on any atom is -0.396 e. The topological polar surface area (TPSA) is 20.8 Å². The fraction of sp³-hybridized carbons (Fsp3) is 0.0667. The Morgan fingerprint density at radius 2 is 1.92 bits per heavy atom. The Kier molecular flexibility index (Phi) is 2.88. The highest BCUT2D eigenvalue weighted by Gasteiger charge is 2.52. The second-order valence-corrected chi connectivity index (χ2v) is 5.46. The van der Waals surface area contributed by atoms with Crippen LogP contribution < -0.4 is 0 Å². The quantitative estimate of drug-likeness (QED) is 0.576. The lowest BCUT2D eigenvalue weighted by Crippen LogP contribution is -2.49. The predicted octanol–water partition coefficient (Wildman–Crippen LogP) is 3.55. The van der Waals surface area contributed by atoms with Crippen LogP contribution in [-0.4, -0.2) is 27.1 Å². The summed E-state index contributed by atoms with van der Waals surface area (Å²) < 4.78 is 70.7. The first-order valence-electron chi connectivity index (χ1n) is 7.08. The van der Waals surface area contributed by atoms with Crippen LogP contribution in [0.15, 0.2) is 54.5 Å². The highest BCUT2D eigenvalue weighted by molar-refractivity contribution is 6.57. The number of halogens is 5. The summed E-state index contributed by atoms with van der Waals surface area (Å²) in [6, 6.07) is 4.82. The molecule has 0 bridgehead atoms. The largest absolute Gasteiger partial charge is 0.737 e. The summed E-state index contributed by atoms with van der Waals surface area (Å²) in [7, 11) is 0. The van der Waals surface area contributed by atoms with Gasteiger partial charge in [-0.2, -0.15) is 13.2 Å². The van der Waals surface area contributed by atoms with Crippen LogP contribution in [0.25, 0.3) is 5.57 Å². The van der Waals surface area contributed by atoms with Gasteiger partial charge in [0.1, 0.15) is 6.21 Å². The molecule has 122 valence electrons. The van der Waals surface area contributed by atoms with E-state index < -0.39 is 18.7 Å². The van der Waals surface area contributed by atoms with Crippen LogP contribution in [-0.2, 0) is 6.18 Å². The standard InChI is InChI=1S/C15H9BF5N3/c17-15(18,19)10-4-1-7-22-14(10)13-11-5-2-8-23(11)16(20,21)24-9-3-6-12(13)24/h1-9H. The molecule has 0 saturated carbocycles. The summed E-state index contributed by atoms with van der Waals surface area (Å²) in [6.45, 7) is -4.15. The van der Waals surface area contributed by atoms with Gasteiger partial charge < -0.3 is 17.6 Å². The van der Waals surface area contributed by atoms with Gasteiger partial charge in [-0.25, -0.2) is 0 Å². The lowest BCUT2D eigenvalue weighted by atomic mass is 9.87. The van der Waals surface area contributed by atoms with Crippen LogP contribution >= 0.6 is 0 Å². The first-order chi connectivity index (χ1) is 11.3. The third kappa shape index (κ3) is 1.90. The molecule has 0 radical (unpaired) electrons. The molecule has 0 aromatic carbocycles. The van der Waals surface area contributed by atoms with Crippen LogP contribution in [0.4, 0.5) is 21.8 Å². The Bertz CT molecular complexity index is 937. The molecule has 0 unspecified atom stereocenters. The smallest absolute Gasteiger partial charge is 0.396 e. The van der Waals surface area contributed by atoms with Crippen molar-refractivity contribution in [3.63, 3.8) is 0 Å². The lowest BCUT2D eigenvalue weighted by molar-refractivity contribution is -0.356. The molecular weight excluding hydrogens is 328 g/mol. The Labute approximate surface area is 133 Å². The number of allylic oxidation sites excluding steroid dienone is 2. The van der Waals surface area contributed by atoms with Crippen molar-refractivity contribution in [2.75, 3.05) is 0 Å². The third-order valence-corrected chi connectivity index (χ3v) is 4.09. The third-order valence-electron chi connectivity index (χ3n) is 4.09. The van der Waals surface area contributed by atoms with Gasteiger partial charge in [0.15, 0.2) is 5.70 Å². The maximum atomic E-state index is 14.6. The number of hydrogen-bond acceptors (Lipinski definition) is 1. The molecule has 2 aliphatic rings. The number of pyridine rings is 1. The van der Waals surface area contributed by atoms with Crippen LogP contribution in [0.1, 0.15) is 17.0 Å². The van der Waals surface area contributed by atoms with Crippen LogP contribution in [0.5, 0.6) is 0 Å². The van der Waals surface area contributed by atoms with Gasteiger partial charge in [-0.3, -0.25) is 4.98 Å². The molecule has 0 aliphatic carbocycles. The van der Waals surface area contributed by atoms with E-state index in [1.54, 1.807) is 0 Å². The Balaban J connectivity index is 2.07. The summed E-state index contributed by atoms with van der Waals surface area (Å²) in [5.41, 5.74) is -1.27. The van der Waals surface area contributed by atoms with Gasteiger partial charge in [0.05, 0.1) is 16.8 Å². The SMILES string of the molecule is F[B-]1(F)n2cccc2C(c2ncccc2C(F)(F)F)=C2C=CC=[N+]21. The molecule has 9 heteroatoms. The number of rotatable bonds is 1. The minimum absolute atomic E-state index is 0.00963. The highest BCUT2D eigenvalue weighted by Crippen LogP contribution is 2.41. The molecule has 4 heterocycles. The highest BCUT2D eigenvalue weighted by atomic mass is 19.4. The molecule has 0 fully saturated rings. The molecule has 0 spiro atoms. The van der Waals surface area contributed by atoms with E-state index in [1.165, 1.54) is 36.5 Å². The molecule has 2 aromatic heterocycles. The zero-order valence-corrected chi connectivity index (χ0v) is 12.0. The number of nitrogens with zero attached hydrogens (tertiary/aromatic N) is 3. The van der Waals surface area contributed by atoms with Gasteiger partial charge in [0.2, 0.25) is 0 Å². The molecule has 3 nitrogen and oxygen atoms in total. The normalized spacial score (nSPS) is 18.5. The van der Waals surface area contributed by atoms with Crippen molar-refractivity contribution in [1.29, 1.82) is 0 Å². The predicted molar refractivity (Wildman–Crippen MR) is 78.5 cm³/mol. The van der Waals surface area contributed by atoms with Crippen molar-refractivity contribution < 1.29 is 26.3 Å². The van der Waals surface area contributed by atoms with Crippen molar-refractivity contribution in [3.05, 3.63) is 71.5 Å². The number of hydrogen-bond donors (Lipinski definition) is 0. The van der Waals surface area contributed by atoms with Gasteiger partial charge in [-0.1, -0.05) is 0 Å². The Morgan fingerprint density at radius 3 is 2.67 bits per heavy atom. The van der Waals surface area contributed by atoms with Crippen LogP contribution in [0, 0.1) is 0 Å². The van der Waals surface area contributed by atoms with E-state index in [1.807, 2.05) is 0 Å². The van der Waals surface area contributed by atoms with E-state index in [0.29, 0.717) is 8.96 Å². The number of fused-ring (bicyclic) bond motifs is 2. The van der Waals surface area contributed by atoms with Gasteiger partial charge in [-0.05, 0) is 30.5 Å². The van der Waals surface area contributed by atoms with E-state index >= 15 is 0 Å². The van der Waals surface area contributed by atoms with E-state index in [9.17, 15) is 21.8 Å². The average Bonchev–Trinajstić information content (AvgIpc) is 3.16. The summed E-state index contributed by atoms with van der Waals surface area (Å²) >= 11 is 0. The molecule has 0 N–H and O–H groups in total. The maximum absolute atomic E-state index is 14.6. The van der Waals surface area contributed by atoms with E-state index in [-0.39, 0.29) is 22.7 Å². The Hall–Kier alpha value is -2.71. The molecule has 24 heavy (non-hydrogen) atoms. The second-order valence-electron chi connectivity index (χ2n) is 5.46. The summed E-state index contributed by atoms with van der Waals surface area (Å²) in [5, 5.41) is 0. The lowest BCUT2D eigenvalue weighted by Gasteiger charge is -2.31. The van der Waals surface area contributed by atoms with Crippen molar-refractivity contribution in [2.24, 2.45) is 0 Å². The molecule has 0 amide bonds. The fourth-order valence-electron chi connectivity index (χ4n) is 3.09. The zero-order chi connectivity index (χ0) is 17.1. The monoisotopic (exact) mass is 337 g/mol. The van der Waals surface area contributed by atoms with Crippen LogP contribution in [0.3, 0.4) is 0 Å². The molecule has 2 aromatic rings. The molecular formula is C15H9BF5N3. The first kappa shape index (κ1) is 14.9. The number of aromatic nitrogens is 2. The summed E-state index contributed by atoms with van der Waals surface area (Å²) in [4.78, 5) is 3.85. The molecule has 2 aliphatic heterocycles. The zero-order valence-electron chi connectivity index (χ0n) is 12.0. The van der Waals surface area contributed by atoms with Gasteiger partial charge in [-0.15, -0.1) is 0 Å². The van der Waals surface area contributed by atoms with Gasteiger partial charge in [0.25, 0.3) is 0 Å². The maximum Gasteiger partial charge on any atom is 0.737 e. The molecule has 0 saturated heterocycles. The average molecular weight is 337 g/mol. The van der Waals surface area contributed by atoms with E-state index in [2.05, 4.69) is 4.98 Å². The van der Waals surface area contributed by atoms with Gasteiger partial charge >= 0.3 is 13.1 Å². The fourth-order valence-corrected chi connectivity index (χ4v) is 3.09. The van der Waals surface area contributed by atoms with E-state index in [0.717, 1.165) is 18.5 Å². The summed E-state index contributed by atoms with van der Waals surface area (Å²) in [5.74, 6) is 0. The van der Waals surface area contributed by atoms with Gasteiger partial charge in [0, 0.05) is 24.0 Å². The first-order valence-corrected chi connectivity index (χ1v) is 7.08. The van der Waals surface area contributed by atoms with Crippen molar-refractivity contribution in [2.45, 2.75) is 6.18 Å². The number of alkyl halides is 3. The van der Waals surface area contributed by atoms with Crippen molar-refractivity contribution >= 4 is 18.8 Å². The molecule has 4 rings (SSSR count). The minimum atomic E-state index is -4.64. The Morgan fingerprint density at radius 1 is 1.12 bits per heavy atom. The van der Waals surface area contributed by atoms with E-state index in [4.69, 9.17) is 0 Å². The van der Waals surface area contributed by atoms with Crippen molar-refractivity contribution in [3.8, 4) is 0 Å². The molecule has 0 atom stereocenters.